The van der Waals surface area contributed by atoms with Crippen LogP contribution in [0.4, 0.5) is 8.78 Å². The number of hydrogen-bond donors (Lipinski definition) is 1. The number of benzene rings is 2. The summed E-state index contributed by atoms with van der Waals surface area (Å²) in [5.41, 5.74) is 2.76. The molecule has 1 saturated heterocycles. The van der Waals surface area contributed by atoms with Crippen LogP contribution in [0, 0.1) is 28.6 Å². The van der Waals surface area contributed by atoms with E-state index in [9.17, 15) is 22.0 Å². The molecule has 11 heteroatoms. The smallest absolute Gasteiger partial charge is 0.387 e. The zero-order valence-corrected chi connectivity index (χ0v) is 32.0. The third-order valence-corrected chi connectivity index (χ3v) is 13.4. The summed E-state index contributed by atoms with van der Waals surface area (Å²) in [5, 5.41) is 3.27. The van der Waals surface area contributed by atoms with E-state index in [1.807, 2.05) is 50.5 Å². The van der Waals surface area contributed by atoms with Crippen LogP contribution < -0.4 is 10.1 Å². The molecular formula is C39H58F2N4O4S. The Morgan fingerprint density at radius 3 is 2.40 bits per heavy atom. The average molecular weight is 717 g/mol. The van der Waals surface area contributed by atoms with Crippen molar-refractivity contribution in [2.45, 2.75) is 112 Å². The van der Waals surface area contributed by atoms with Crippen molar-refractivity contribution < 1.29 is 26.7 Å². The normalized spacial score (nSPS) is 26.6. The van der Waals surface area contributed by atoms with Gasteiger partial charge in [0, 0.05) is 43.8 Å². The summed E-state index contributed by atoms with van der Waals surface area (Å²) in [6, 6.07) is 14.2. The largest absolute Gasteiger partial charge is 0.434 e. The van der Waals surface area contributed by atoms with Gasteiger partial charge in [-0.25, -0.2) is 8.42 Å². The fourth-order valence-corrected chi connectivity index (χ4v) is 10.6. The molecule has 3 saturated carbocycles. The summed E-state index contributed by atoms with van der Waals surface area (Å²) in [7, 11) is 0.451. The van der Waals surface area contributed by atoms with Gasteiger partial charge in [0.2, 0.25) is 15.9 Å². The van der Waals surface area contributed by atoms with Crippen LogP contribution in [0.25, 0.3) is 0 Å². The van der Waals surface area contributed by atoms with Crippen LogP contribution in [-0.4, -0.2) is 79.6 Å². The topological polar surface area (TPSA) is 82.2 Å². The first-order chi connectivity index (χ1) is 23.3. The van der Waals surface area contributed by atoms with Crippen molar-refractivity contribution in [1.29, 1.82) is 0 Å². The molecule has 50 heavy (non-hydrogen) atoms. The van der Waals surface area contributed by atoms with E-state index in [0.29, 0.717) is 41.8 Å². The Morgan fingerprint density at radius 1 is 1.06 bits per heavy atom. The number of ether oxygens (including phenoxy) is 1. The molecule has 3 aliphatic carbocycles. The van der Waals surface area contributed by atoms with Crippen LogP contribution in [0.3, 0.4) is 0 Å². The molecule has 0 aromatic heterocycles. The Balaban J connectivity index is 1.36. The van der Waals surface area contributed by atoms with Gasteiger partial charge in [0.15, 0.2) is 0 Å². The maximum atomic E-state index is 13.7. The number of para-hydroxylation sites is 1. The number of alkyl halides is 2. The van der Waals surface area contributed by atoms with Crippen LogP contribution in [0.1, 0.15) is 83.9 Å². The molecular weight excluding hydrogens is 659 g/mol. The standard InChI is InChI=1S/C39H58F2N4O4S/c1-26-32-19-30(39(32,5)6)20-33(26)42-36(46)34-16-17-50(47,48)45(34)23-28-13-11-12-27(18-28)22-44(31(25-43(7)8)21-38(2,3)4)24-29-14-9-10-15-35(29)49-37(40)41/h9-15,18,26,30-34,37H,16-17,19-25H2,1-8H3,(H,42,46)/t26-,30-,31-,32+,33-,34?/m0/s1. The van der Waals surface area contributed by atoms with Crippen molar-refractivity contribution in [2.75, 3.05) is 26.4 Å². The number of hydrogen-bond acceptors (Lipinski definition) is 6. The molecule has 278 valence electrons. The highest BCUT2D eigenvalue weighted by Crippen LogP contribution is 2.61. The lowest BCUT2D eigenvalue weighted by Crippen LogP contribution is -2.61. The molecule has 6 atom stereocenters. The highest BCUT2D eigenvalue weighted by Gasteiger charge is 2.56. The van der Waals surface area contributed by atoms with E-state index in [1.54, 1.807) is 12.1 Å². The van der Waals surface area contributed by atoms with Crippen molar-refractivity contribution in [3.05, 3.63) is 65.2 Å². The van der Waals surface area contributed by atoms with E-state index in [0.717, 1.165) is 30.5 Å². The Hall–Kier alpha value is -2.60. The first kappa shape index (κ1) is 38.6. The minimum Gasteiger partial charge on any atom is -0.434 e. The van der Waals surface area contributed by atoms with Crippen LogP contribution in [0.15, 0.2) is 48.5 Å². The lowest BCUT2D eigenvalue weighted by Gasteiger charge is -2.62. The Bertz CT molecular complexity index is 1590. The minimum atomic E-state index is -3.61. The van der Waals surface area contributed by atoms with E-state index < -0.39 is 22.7 Å². The SMILES string of the molecule is C[C@@H]1[C@@H](NC(=O)C2CCS(=O)(=O)N2Cc2cccc(CN(Cc3ccccc3OC(F)F)[C@H](CN(C)C)CC(C)(C)C)c2)C[C@@H]2C[C@H]1C2(C)C. The molecule has 1 amide bonds. The minimum absolute atomic E-state index is 0.00548. The maximum Gasteiger partial charge on any atom is 0.387 e. The number of nitrogens with one attached hydrogen (secondary N) is 1. The molecule has 4 aliphatic rings. The summed E-state index contributed by atoms with van der Waals surface area (Å²) in [6.45, 7) is 12.3. The summed E-state index contributed by atoms with van der Waals surface area (Å²) in [4.78, 5) is 18.1. The quantitative estimate of drug-likeness (QED) is 0.233. The van der Waals surface area contributed by atoms with Gasteiger partial charge >= 0.3 is 6.61 Å². The summed E-state index contributed by atoms with van der Waals surface area (Å²) in [6.07, 6.45) is 3.29. The molecule has 2 aromatic carbocycles. The predicted molar refractivity (Wildman–Crippen MR) is 194 cm³/mol. The lowest BCUT2D eigenvalue weighted by atomic mass is 9.45. The molecule has 1 aliphatic heterocycles. The van der Waals surface area contributed by atoms with Gasteiger partial charge in [-0.15, -0.1) is 0 Å². The molecule has 0 spiro atoms. The number of rotatable bonds is 14. The number of nitrogens with zero attached hydrogens (tertiary/aromatic N) is 3. The van der Waals surface area contributed by atoms with Crippen molar-refractivity contribution in [3.8, 4) is 5.75 Å². The van der Waals surface area contributed by atoms with Crippen molar-refractivity contribution in [1.82, 2.24) is 19.4 Å². The van der Waals surface area contributed by atoms with Gasteiger partial charge < -0.3 is 15.0 Å². The van der Waals surface area contributed by atoms with Crippen molar-refractivity contribution >= 4 is 15.9 Å². The highest BCUT2D eigenvalue weighted by molar-refractivity contribution is 7.89. The zero-order valence-electron chi connectivity index (χ0n) is 31.2. The Morgan fingerprint density at radius 2 is 1.76 bits per heavy atom. The van der Waals surface area contributed by atoms with E-state index >= 15 is 0 Å². The summed E-state index contributed by atoms with van der Waals surface area (Å²) >= 11 is 0. The molecule has 1 N–H and O–H groups in total. The van der Waals surface area contributed by atoms with E-state index in [2.05, 4.69) is 56.7 Å². The van der Waals surface area contributed by atoms with Crippen molar-refractivity contribution in [3.63, 3.8) is 0 Å². The number of halogens is 2. The number of fused-ring (bicyclic) bond motifs is 2. The fraction of sp³-hybridized carbons (Fsp3) is 0.667. The molecule has 0 radical (unpaired) electrons. The number of sulfonamides is 1. The lowest BCUT2D eigenvalue weighted by molar-refractivity contribution is -0.136. The Labute approximate surface area is 299 Å². The summed E-state index contributed by atoms with van der Waals surface area (Å²) < 4.78 is 59.7. The second-order valence-corrected chi connectivity index (χ2v) is 19.2. The molecule has 6 rings (SSSR count). The van der Waals surface area contributed by atoms with E-state index in [4.69, 9.17) is 4.74 Å². The Kier molecular flexibility index (Phi) is 11.7. The van der Waals surface area contributed by atoms with Crippen LogP contribution in [0.5, 0.6) is 5.75 Å². The van der Waals surface area contributed by atoms with Gasteiger partial charge in [-0.2, -0.15) is 13.1 Å². The third-order valence-electron chi connectivity index (χ3n) is 11.6. The van der Waals surface area contributed by atoms with E-state index in [1.165, 1.54) is 10.7 Å². The zero-order chi connectivity index (χ0) is 36.6. The molecule has 2 bridgehead atoms. The van der Waals surface area contributed by atoms with Crippen LogP contribution >= 0.6 is 0 Å². The molecule has 4 fully saturated rings. The van der Waals surface area contributed by atoms with Gasteiger partial charge in [-0.05, 0) is 85.6 Å². The fourth-order valence-electron chi connectivity index (χ4n) is 8.86. The first-order valence-corrected chi connectivity index (χ1v) is 19.7. The van der Waals surface area contributed by atoms with Gasteiger partial charge in [0.05, 0.1) is 5.75 Å². The van der Waals surface area contributed by atoms with Gasteiger partial charge in [-0.3, -0.25) is 9.69 Å². The number of likely N-dealkylation sites (N-methyl/N-ethyl adjacent to an activating group) is 1. The second kappa shape index (κ2) is 15.2. The first-order valence-electron chi connectivity index (χ1n) is 18.1. The number of carbonyl (C=O) groups is 1. The molecule has 1 heterocycles. The molecule has 2 aromatic rings. The van der Waals surface area contributed by atoms with Crippen molar-refractivity contribution in [2.24, 2.45) is 28.6 Å². The van der Waals surface area contributed by atoms with E-state index in [-0.39, 0.29) is 47.9 Å². The third kappa shape index (κ3) is 9.06. The monoisotopic (exact) mass is 716 g/mol. The maximum absolute atomic E-state index is 13.7. The second-order valence-electron chi connectivity index (χ2n) is 17.1. The predicted octanol–water partition coefficient (Wildman–Crippen LogP) is 6.75. The van der Waals surface area contributed by atoms with Gasteiger partial charge in [-0.1, -0.05) is 84.0 Å². The molecule has 8 nitrogen and oxygen atoms in total. The molecule has 1 unspecified atom stereocenters. The van der Waals surface area contributed by atoms with Crippen LogP contribution in [-0.2, 0) is 34.5 Å². The number of amides is 1. The van der Waals surface area contributed by atoms with Crippen LogP contribution in [0.2, 0.25) is 0 Å². The van der Waals surface area contributed by atoms with Gasteiger partial charge in [0.25, 0.3) is 0 Å². The summed E-state index contributed by atoms with van der Waals surface area (Å²) in [5.74, 6) is 1.44. The number of carbonyl (C=O) groups excluding carboxylic acids is 1. The highest BCUT2D eigenvalue weighted by atomic mass is 32.2. The van der Waals surface area contributed by atoms with Gasteiger partial charge in [0.1, 0.15) is 11.8 Å². The average Bonchev–Trinajstić information content (AvgIpc) is 3.30.